The molecule has 3 fully saturated rings. The smallest absolute Gasteiger partial charge is 0.0743 e. The molecule has 3 aliphatic rings. The van der Waals surface area contributed by atoms with E-state index in [-0.39, 0.29) is 32.7 Å². The molecule has 0 N–H and O–H groups in total. The quantitative estimate of drug-likeness (QED) is 0.313. The average molecular weight is 541 g/mol. The molecular formula is C32H51OY-. The maximum absolute atomic E-state index is 5.61. The predicted molar refractivity (Wildman–Crippen MR) is 141 cm³/mol. The number of ether oxygens (including phenoxy) is 1. The van der Waals surface area contributed by atoms with Gasteiger partial charge in [0.2, 0.25) is 0 Å². The fourth-order valence-corrected chi connectivity index (χ4v) is 7.68. The van der Waals surface area contributed by atoms with Crippen LogP contribution in [0.4, 0.5) is 0 Å². The van der Waals surface area contributed by atoms with E-state index in [9.17, 15) is 0 Å². The number of hydrogen-bond donors (Lipinski definition) is 0. The molecule has 34 heavy (non-hydrogen) atoms. The Morgan fingerprint density at radius 2 is 1.06 bits per heavy atom. The maximum Gasteiger partial charge on any atom is 0.0743 e. The molecule has 0 amide bonds. The van der Waals surface area contributed by atoms with E-state index in [2.05, 4.69) is 33.8 Å². The van der Waals surface area contributed by atoms with Gasteiger partial charge in [0.05, 0.1) is 7.11 Å². The Balaban J connectivity index is 0.00000324. The second-order valence-corrected chi connectivity index (χ2v) is 12.6. The van der Waals surface area contributed by atoms with Crippen LogP contribution in [0.5, 0.6) is 5.75 Å². The summed E-state index contributed by atoms with van der Waals surface area (Å²) in [7, 11) is 1.78. The van der Waals surface area contributed by atoms with Crippen LogP contribution in [0, 0.1) is 62.3 Å². The largest absolute Gasteiger partial charge is 0.522 e. The molecule has 189 valence electrons. The monoisotopic (exact) mass is 540 g/mol. The van der Waals surface area contributed by atoms with Crippen LogP contribution in [0.25, 0.3) is 0 Å². The Labute approximate surface area is 236 Å². The third-order valence-corrected chi connectivity index (χ3v) is 10.2. The van der Waals surface area contributed by atoms with Crippen molar-refractivity contribution >= 4 is 0 Å². The van der Waals surface area contributed by atoms with Crippen molar-refractivity contribution in [2.45, 2.75) is 124 Å². The third kappa shape index (κ3) is 7.57. The molecule has 0 saturated heterocycles. The van der Waals surface area contributed by atoms with Crippen LogP contribution < -0.4 is 4.74 Å². The van der Waals surface area contributed by atoms with Crippen molar-refractivity contribution in [2.75, 3.05) is 7.11 Å². The maximum atomic E-state index is 5.61. The van der Waals surface area contributed by atoms with Crippen molar-refractivity contribution in [2.24, 2.45) is 35.5 Å². The molecule has 4 rings (SSSR count). The first-order valence-electron chi connectivity index (χ1n) is 14.5. The first-order valence-corrected chi connectivity index (χ1v) is 14.5. The van der Waals surface area contributed by atoms with Gasteiger partial charge in [0.25, 0.3) is 0 Å². The topological polar surface area (TPSA) is 9.23 Å². The molecule has 2 heteroatoms. The first-order chi connectivity index (χ1) is 15.9. The van der Waals surface area contributed by atoms with Crippen molar-refractivity contribution in [3.63, 3.8) is 0 Å². The Hall–Kier alpha value is 0.124. The predicted octanol–water partition coefficient (Wildman–Crippen LogP) is 9.18. The van der Waals surface area contributed by atoms with E-state index in [1.54, 1.807) is 13.5 Å². The zero-order valence-corrected chi connectivity index (χ0v) is 25.9. The van der Waals surface area contributed by atoms with E-state index in [0.29, 0.717) is 0 Å². The summed E-state index contributed by atoms with van der Waals surface area (Å²) < 4.78 is 5.61. The van der Waals surface area contributed by atoms with E-state index in [1.807, 2.05) is 0 Å². The van der Waals surface area contributed by atoms with Crippen LogP contribution in [-0.4, -0.2) is 7.11 Å². The van der Waals surface area contributed by atoms with Crippen molar-refractivity contribution in [1.82, 2.24) is 0 Å². The Bertz CT molecular complexity index is 747. The molecule has 0 heterocycles. The van der Waals surface area contributed by atoms with Gasteiger partial charge in [0, 0.05) is 38.5 Å². The Kier molecular flexibility index (Phi) is 11.5. The van der Waals surface area contributed by atoms with Gasteiger partial charge >= 0.3 is 0 Å². The summed E-state index contributed by atoms with van der Waals surface area (Å²) in [5, 5.41) is 0. The fourth-order valence-electron chi connectivity index (χ4n) is 7.68. The molecule has 3 saturated carbocycles. The zero-order valence-electron chi connectivity index (χ0n) is 23.1. The van der Waals surface area contributed by atoms with Crippen LogP contribution in [0.15, 0.2) is 0 Å². The molecule has 3 aliphatic carbocycles. The molecule has 1 radical (unpaired) electrons. The van der Waals surface area contributed by atoms with Gasteiger partial charge in [-0.05, 0) is 67.6 Å². The Morgan fingerprint density at radius 1 is 0.647 bits per heavy atom. The SMILES string of the molecule is COc1[c-]c(C)c(C)c(CC2CCC(CC3CCC(CC4CCC(C)CC4)CC3)CC2)c1C.[Y]. The van der Waals surface area contributed by atoms with Gasteiger partial charge in [-0.25, -0.2) is 0 Å². The summed E-state index contributed by atoms with van der Waals surface area (Å²) in [6.45, 7) is 9.15. The van der Waals surface area contributed by atoms with E-state index in [0.717, 1.165) is 41.3 Å². The standard InChI is InChI=1S/C32H51O.Y/c1-22-6-8-26(9-7-22)19-27-10-12-28(13-11-27)20-29-14-16-30(17-15-29)21-31-24(3)23(2)18-32(33-5)25(31)4;/h22,26-30H,6-17,19-21H2,1-5H3;/q-1;. The molecule has 0 atom stereocenters. The van der Waals surface area contributed by atoms with E-state index >= 15 is 0 Å². The van der Waals surface area contributed by atoms with E-state index in [1.165, 1.54) is 112 Å². The first kappa shape index (κ1) is 28.7. The van der Waals surface area contributed by atoms with Crippen LogP contribution in [0.1, 0.15) is 119 Å². The van der Waals surface area contributed by atoms with Crippen molar-refractivity contribution in [3.8, 4) is 5.75 Å². The second-order valence-electron chi connectivity index (χ2n) is 12.6. The van der Waals surface area contributed by atoms with Crippen LogP contribution in [0.3, 0.4) is 0 Å². The summed E-state index contributed by atoms with van der Waals surface area (Å²) in [4.78, 5) is 0. The van der Waals surface area contributed by atoms with E-state index < -0.39 is 0 Å². The average Bonchev–Trinajstić information content (AvgIpc) is 2.83. The van der Waals surface area contributed by atoms with Crippen LogP contribution >= 0.6 is 0 Å². The molecule has 0 unspecified atom stereocenters. The van der Waals surface area contributed by atoms with Crippen molar-refractivity contribution in [1.29, 1.82) is 0 Å². The second kappa shape index (κ2) is 13.6. The van der Waals surface area contributed by atoms with Gasteiger partial charge in [0.15, 0.2) is 0 Å². The molecule has 0 bridgehead atoms. The van der Waals surface area contributed by atoms with Gasteiger partial charge in [-0.15, -0.1) is 17.2 Å². The number of hydrogen-bond acceptors (Lipinski definition) is 1. The molecule has 0 spiro atoms. The minimum Gasteiger partial charge on any atom is -0.522 e. The van der Waals surface area contributed by atoms with Crippen LogP contribution in [-0.2, 0) is 39.1 Å². The van der Waals surface area contributed by atoms with Gasteiger partial charge < -0.3 is 4.74 Å². The van der Waals surface area contributed by atoms with Crippen molar-refractivity contribution < 1.29 is 37.4 Å². The van der Waals surface area contributed by atoms with Gasteiger partial charge in [-0.2, -0.15) is 11.1 Å². The zero-order chi connectivity index (χ0) is 23.4. The summed E-state index contributed by atoms with van der Waals surface area (Å²) >= 11 is 0. The summed E-state index contributed by atoms with van der Waals surface area (Å²) in [5.41, 5.74) is 5.56. The third-order valence-electron chi connectivity index (χ3n) is 10.2. The number of rotatable bonds is 7. The van der Waals surface area contributed by atoms with Crippen molar-refractivity contribution in [3.05, 3.63) is 28.3 Å². The summed E-state index contributed by atoms with van der Waals surface area (Å²) in [5.74, 6) is 6.98. The molecule has 1 aromatic carbocycles. The molecule has 1 nitrogen and oxygen atoms in total. The normalized spacial score (nSPS) is 32.1. The van der Waals surface area contributed by atoms with E-state index in [4.69, 9.17) is 4.74 Å². The molecular weight excluding hydrogens is 489 g/mol. The number of benzene rings is 1. The van der Waals surface area contributed by atoms with Crippen LogP contribution in [0.2, 0.25) is 0 Å². The number of methoxy groups -OCH3 is 1. The van der Waals surface area contributed by atoms with Gasteiger partial charge in [-0.3, -0.25) is 0 Å². The number of aryl methyl sites for hydroxylation is 1. The minimum absolute atomic E-state index is 0. The fraction of sp³-hybridized carbons (Fsp3) is 0.812. The Morgan fingerprint density at radius 3 is 1.50 bits per heavy atom. The molecule has 0 aliphatic heterocycles. The summed E-state index contributed by atoms with van der Waals surface area (Å²) in [6.07, 6.45) is 22.3. The summed E-state index contributed by atoms with van der Waals surface area (Å²) in [6, 6.07) is 3.43. The minimum atomic E-state index is 0. The van der Waals surface area contributed by atoms with Gasteiger partial charge in [0.1, 0.15) is 0 Å². The van der Waals surface area contributed by atoms with Gasteiger partial charge in [-0.1, -0.05) is 91.9 Å². The molecule has 1 aromatic rings. The molecule has 0 aromatic heterocycles.